The average molecular weight is 558 g/mol. The predicted octanol–water partition coefficient (Wildman–Crippen LogP) is 4.36. The van der Waals surface area contributed by atoms with Gasteiger partial charge in [0, 0.05) is 62.7 Å². The molecule has 0 aliphatic carbocycles. The van der Waals surface area contributed by atoms with Crippen LogP contribution in [0.1, 0.15) is 37.8 Å². The largest absolute Gasteiger partial charge is 0.381 e. The first kappa shape index (κ1) is 24.3. The Morgan fingerprint density at radius 3 is 2.77 bits per heavy atom. The normalized spacial score (nSPS) is 23.8. The number of likely N-dealkylation sites (tertiary alicyclic amines) is 1. The molecule has 170 valence electrons. The predicted molar refractivity (Wildman–Crippen MR) is 137 cm³/mol. The van der Waals surface area contributed by atoms with Gasteiger partial charge >= 0.3 is 0 Å². The van der Waals surface area contributed by atoms with Crippen LogP contribution in [0.2, 0.25) is 5.02 Å². The van der Waals surface area contributed by atoms with Crippen molar-refractivity contribution < 1.29 is 4.74 Å². The highest BCUT2D eigenvalue weighted by Gasteiger charge is 2.37. The van der Waals surface area contributed by atoms with Gasteiger partial charge in [0.15, 0.2) is 5.96 Å². The van der Waals surface area contributed by atoms with Crippen molar-refractivity contribution >= 4 is 41.5 Å². The van der Waals surface area contributed by atoms with Crippen molar-refractivity contribution in [3.05, 3.63) is 53.6 Å². The molecule has 1 aromatic carbocycles. The standard InChI is InChI=1S/C23H32ClN5O.HI/c1-18-7-11-28(15-21(18)29-12-10-26-17-29)22(25-2)27-16-23(8-13-30-14-9-23)19-5-3-4-6-20(19)24;/h3-6,10,12,17-18,21H,7-9,11,13-16H2,1-2H3,(H,25,27);1H. The van der Waals surface area contributed by atoms with Crippen molar-refractivity contribution in [2.24, 2.45) is 10.9 Å². The summed E-state index contributed by atoms with van der Waals surface area (Å²) < 4.78 is 7.91. The number of halogens is 2. The molecule has 2 saturated heterocycles. The first-order valence-corrected chi connectivity index (χ1v) is 11.3. The van der Waals surface area contributed by atoms with Gasteiger partial charge in [-0.25, -0.2) is 4.98 Å². The second kappa shape index (κ2) is 11.0. The summed E-state index contributed by atoms with van der Waals surface area (Å²) in [5.74, 6) is 1.57. The van der Waals surface area contributed by atoms with E-state index in [0.29, 0.717) is 12.0 Å². The number of nitrogens with zero attached hydrogens (tertiary/aromatic N) is 4. The Balaban J connectivity index is 0.00000272. The zero-order valence-corrected chi connectivity index (χ0v) is 21.4. The molecule has 2 atom stereocenters. The van der Waals surface area contributed by atoms with Crippen LogP contribution < -0.4 is 5.32 Å². The van der Waals surface area contributed by atoms with Gasteiger partial charge in [-0.15, -0.1) is 24.0 Å². The molecule has 0 radical (unpaired) electrons. The van der Waals surface area contributed by atoms with Crippen LogP contribution in [0.15, 0.2) is 48.0 Å². The minimum atomic E-state index is -0.0423. The van der Waals surface area contributed by atoms with Crippen molar-refractivity contribution in [3.8, 4) is 0 Å². The molecular formula is C23H33ClIN5O. The van der Waals surface area contributed by atoms with E-state index >= 15 is 0 Å². The first-order valence-electron chi connectivity index (χ1n) is 10.9. The van der Waals surface area contributed by atoms with Crippen LogP contribution in [-0.2, 0) is 10.2 Å². The third-order valence-corrected chi connectivity index (χ3v) is 7.15. The zero-order valence-electron chi connectivity index (χ0n) is 18.3. The molecule has 8 heteroatoms. The van der Waals surface area contributed by atoms with E-state index in [-0.39, 0.29) is 29.4 Å². The Hall–Kier alpha value is -1.32. The third kappa shape index (κ3) is 5.37. The molecule has 6 nitrogen and oxygen atoms in total. The number of guanidine groups is 1. The topological polar surface area (TPSA) is 54.7 Å². The minimum Gasteiger partial charge on any atom is -0.381 e. The number of rotatable bonds is 4. The molecule has 1 aromatic heterocycles. The molecule has 2 aliphatic heterocycles. The molecular weight excluding hydrogens is 525 g/mol. The van der Waals surface area contributed by atoms with Crippen molar-refractivity contribution in [3.63, 3.8) is 0 Å². The maximum Gasteiger partial charge on any atom is 0.193 e. The molecule has 1 N–H and O–H groups in total. The highest BCUT2D eigenvalue weighted by molar-refractivity contribution is 14.0. The van der Waals surface area contributed by atoms with Crippen LogP contribution >= 0.6 is 35.6 Å². The summed E-state index contributed by atoms with van der Waals surface area (Å²) in [6, 6.07) is 8.63. The summed E-state index contributed by atoms with van der Waals surface area (Å²) in [5, 5.41) is 4.53. The Morgan fingerprint density at radius 2 is 2.10 bits per heavy atom. The van der Waals surface area contributed by atoms with E-state index in [1.165, 1.54) is 5.56 Å². The summed E-state index contributed by atoms with van der Waals surface area (Å²) in [4.78, 5) is 11.3. The average Bonchev–Trinajstić information content (AvgIpc) is 3.31. The molecule has 2 unspecified atom stereocenters. The van der Waals surface area contributed by atoms with Crippen LogP contribution in [0.5, 0.6) is 0 Å². The van der Waals surface area contributed by atoms with Gasteiger partial charge in [-0.2, -0.15) is 0 Å². The van der Waals surface area contributed by atoms with Gasteiger partial charge in [0.1, 0.15) is 0 Å². The van der Waals surface area contributed by atoms with Crippen LogP contribution in [0.25, 0.3) is 0 Å². The monoisotopic (exact) mass is 557 g/mol. The SMILES string of the molecule is CN=C(NCC1(c2ccccc2Cl)CCOCC1)N1CCC(C)C(n2ccnc2)C1.I. The van der Waals surface area contributed by atoms with Gasteiger partial charge in [0.2, 0.25) is 0 Å². The van der Waals surface area contributed by atoms with Crippen LogP contribution in [0.4, 0.5) is 0 Å². The van der Waals surface area contributed by atoms with Gasteiger partial charge in [-0.05, 0) is 36.8 Å². The lowest BCUT2D eigenvalue weighted by molar-refractivity contribution is 0.0510. The summed E-state index contributed by atoms with van der Waals surface area (Å²) >= 11 is 6.62. The van der Waals surface area contributed by atoms with E-state index in [2.05, 4.69) is 50.0 Å². The number of ether oxygens (including phenoxy) is 1. The maximum atomic E-state index is 6.62. The summed E-state index contributed by atoms with van der Waals surface area (Å²) in [7, 11) is 1.87. The lowest BCUT2D eigenvalue weighted by Crippen LogP contribution is -2.52. The van der Waals surface area contributed by atoms with Crippen molar-refractivity contribution in [2.75, 3.05) is 39.9 Å². The molecule has 31 heavy (non-hydrogen) atoms. The molecule has 2 aliphatic rings. The number of hydrogen-bond acceptors (Lipinski definition) is 3. The molecule has 0 amide bonds. The quantitative estimate of drug-likeness (QED) is 0.345. The number of benzene rings is 1. The van der Waals surface area contributed by atoms with Gasteiger partial charge in [0.25, 0.3) is 0 Å². The Bertz CT molecular complexity index is 853. The van der Waals surface area contributed by atoms with E-state index in [1.807, 2.05) is 31.7 Å². The second-order valence-electron chi connectivity index (χ2n) is 8.56. The molecule has 0 spiro atoms. The highest BCUT2D eigenvalue weighted by Crippen LogP contribution is 2.38. The minimum absolute atomic E-state index is 0. The fraction of sp³-hybridized carbons (Fsp3) is 0.565. The van der Waals surface area contributed by atoms with E-state index < -0.39 is 0 Å². The number of piperidine rings is 1. The Labute approximate surface area is 207 Å². The first-order chi connectivity index (χ1) is 14.6. The van der Waals surface area contributed by atoms with Gasteiger partial charge in [-0.3, -0.25) is 4.99 Å². The fourth-order valence-corrected chi connectivity index (χ4v) is 5.21. The Morgan fingerprint density at radius 1 is 1.32 bits per heavy atom. The van der Waals surface area contributed by atoms with Crippen molar-refractivity contribution in [2.45, 2.75) is 37.6 Å². The molecule has 0 saturated carbocycles. The van der Waals surface area contributed by atoms with E-state index in [1.54, 1.807) is 0 Å². The number of aromatic nitrogens is 2. The highest BCUT2D eigenvalue weighted by atomic mass is 127. The summed E-state index contributed by atoms with van der Waals surface area (Å²) in [6.45, 7) is 6.58. The summed E-state index contributed by atoms with van der Waals surface area (Å²) in [5.41, 5.74) is 1.17. The van der Waals surface area contributed by atoms with Gasteiger partial charge in [0.05, 0.1) is 12.4 Å². The Kier molecular flexibility index (Phi) is 8.64. The van der Waals surface area contributed by atoms with E-state index in [9.17, 15) is 0 Å². The smallest absolute Gasteiger partial charge is 0.193 e. The van der Waals surface area contributed by atoms with Gasteiger partial charge < -0.3 is 19.5 Å². The summed E-state index contributed by atoms with van der Waals surface area (Å²) in [6.07, 6.45) is 8.89. The van der Waals surface area contributed by atoms with Crippen LogP contribution in [0.3, 0.4) is 0 Å². The number of nitrogens with one attached hydrogen (secondary N) is 1. The molecule has 2 fully saturated rings. The molecule has 3 heterocycles. The number of hydrogen-bond donors (Lipinski definition) is 1. The lowest BCUT2D eigenvalue weighted by Gasteiger charge is -2.42. The molecule has 0 bridgehead atoms. The van der Waals surface area contributed by atoms with Crippen molar-refractivity contribution in [1.29, 1.82) is 0 Å². The van der Waals surface area contributed by atoms with Gasteiger partial charge in [-0.1, -0.05) is 36.7 Å². The lowest BCUT2D eigenvalue weighted by atomic mass is 9.74. The third-order valence-electron chi connectivity index (χ3n) is 6.82. The number of imidazole rings is 1. The van der Waals surface area contributed by atoms with E-state index in [0.717, 1.165) is 63.1 Å². The van der Waals surface area contributed by atoms with Crippen molar-refractivity contribution in [1.82, 2.24) is 19.8 Å². The van der Waals surface area contributed by atoms with Crippen LogP contribution in [0, 0.1) is 5.92 Å². The van der Waals surface area contributed by atoms with E-state index in [4.69, 9.17) is 16.3 Å². The molecule has 4 rings (SSSR count). The number of aliphatic imine (C=N–C) groups is 1. The maximum absolute atomic E-state index is 6.62. The second-order valence-corrected chi connectivity index (χ2v) is 8.97. The molecule has 2 aromatic rings. The zero-order chi connectivity index (χ0) is 21.0. The fourth-order valence-electron chi connectivity index (χ4n) is 4.87. The van der Waals surface area contributed by atoms with Crippen LogP contribution in [-0.4, -0.2) is 60.3 Å².